The second-order valence-corrected chi connectivity index (χ2v) is 20.3. The lowest BCUT2D eigenvalue weighted by atomic mass is 10.0. The van der Waals surface area contributed by atoms with Crippen LogP contribution in [0.3, 0.4) is 0 Å². The topological polar surface area (TPSA) is 265 Å². The van der Waals surface area contributed by atoms with Crippen molar-refractivity contribution >= 4 is 33.4 Å². The van der Waals surface area contributed by atoms with Gasteiger partial charge in [-0.1, -0.05) is 143 Å². The van der Waals surface area contributed by atoms with E-state index in [-0.39, 0.29) is 18.7 Å². The summed E-state index contributed by atoms with van der Waals surface area (Å²) in [4.78, 5) is 61.6. The molecule has 6 N–H and O–H groups in total. The lowest BCUT2D eigenvalue weighted by molar-refractivity contribution is -0.161. The predicted octanol–water partition coefficient (Wildman–Crippen LogP) is 8.04. The van der Waals surface area contributed by atoms with E-state index in [0.29, 0.717) is 18.8 Å². The molecule has 7 atom stereocenters. The number of hydrogen-bond acceptors (Lipinski definition) is 15. The van der Waals surface area contributed by atoms with Gasteiger partial charge in [0, 0.05) is 19.0 Å². The fourth-order valence-corrected chi connectivity index (χ4v) is 9.09. The van der Waals surface area contributed by atoms with Crippen molar-refractivity contribution in [1.29, 1.82) is 0 Å². The smallest absolute Gasteiger partial charge is 0.462 e. The molecule has 1 aliphatic heterocycles. The maximum atomic E-state index is 12.8. The molecule has 1 aromatic rings. The zero-order valence-electron chi connectivity index (χ0n) is 37.5. The van der Waals surface area contributed by atoms with Gasteiger partial charge in [0.2, 0.25) is 0 Å². The molecule has 0 saturated carbocycles. The molecular formula is C42H77N3O15P2. The van der Waals surface area contributed by atoms with Crippen LogP contribution in [0.4, 0.5) is 5.82 Å². The monoisotopic (exact) mass is 925 g/mol. The van der Waals surface area contributed by atoms with Crippen molar-refractivity contribution in [3.8, 4) is 0 Å². The average molecular weight is 926 g/mol. The number of phosphoric ester groups is 2. The Morgan fingerprint density at radius 1 is 0.726 bits per heavy atom. The van der Waals surface area contributed by atoms with Crippen LogP contribution in [-0.4, -0.2) is 85.7 Å². The largest absolute Gasteiger partial charge is 0.481 e. The average Bonchev–Trinajstić information content (AvgIpc) is 3.47. The number of nitrogen functional groups attached to an aromatic ring is 1. The Bertz CT molecular complexity index is 1560. The number of aromatic nitrogens is 2. The Balaban J connectivity index is 1.82. The van der Waals surface area contributed by atoms with Crippen LogP contribution >= 0.6 is 15.6 Å². The van der Waals surface area contributed by atoms with Crippen LogP contribution in [0.5, 0.6) is 0 Å². The molecule has 62 heavy (non-hydrogen) atoms. The maximum absolute atomic E-state index is 12.8. The van der Waals surface area contributed by atoms with Crippen LogP contribution in [0.15, 0.2) is 17.1 Å². The zero-order valence-corrected chi connectivity index (χ0v) is 39.3. The van der Waals surface area contributed by atoms with E-state index >= 15 is 0 Å². The third-order valence-electron chi connectivity index (χ3n) is 10.5. The molecule has 360 valence electrons. The summed E-state index contributed by atoms with van der Waals surface area (Å²) in [5, 5.41) is 20.8. The predicted molar refractivity (Wildman–Crippen MR) is 234 cm³/mol. The third kappa shape index (κ3) is 25.3. The number of phosphoric acid groups is 2. The van der Waals surface area contributed by atoms with Crippen LogP contribution in [0.1, 0.15) is 175 Å². The summed E-state index contributed by atoms with van der Waals surface area (Å²) in [5.74, 6) is 0.169. The molecule has 1 aromatic heterocycles. The highest BCUT2D eigenvalue weighted by atomic mass is 31.3. The fraction of sp³-hybridized carbons (Fsp3) is 0.857. The summed E-state index contributed by atoms with van der Waals surface area (Å²) in [6, 6.07) is 1.25. The number of carbonyl (C=O) groups is 2. The lowest BCUT2D eigenvalue weighted by Crippen LogP contribution is -2.36. The number of anilines is 1. The quantitative estimate of drug-likeness (QED) is 0.0242. The standard InChI is InChI=1S/C42H77N3O15P2/c1-32(2)23-19-15-11-8-6-5-7-9-13-17-21-25-37(46)55-29-34(58-38(47)26-22-18-14-10-12-16-20-24-33(3)4)30-56-61(51,52)60-62(53,54)57-31-35-39(48)40(49)41(59-35)45-28-27-36(43)44-42(45)50/h27-28,32-35,39-41,48-49H,5-26,29-31H2,1-4H3,(H,51,52)(H,53,54)(H2,43,44,50)/t34-,35-,39+,40?,41-/m1/s1. The van der Waals surface area contributed by atoms with Crippen LogP contribution in [0.2, 0.25) is 0 Å². The molecule has 1 fully saturated rings. The Hall–Kier alpha value is -2.24. The summed E-state index contributed by atoms with van der Waals surface area (Å²) in [6.07, 6.45) is 15.3. The van der Waals surface area contributed by atoms with Gasteiger partial charge in [0.05, 0.1) is 13.2 Å². The highest BCUT2D eigenvalue weighted by Gasteiger charge is 2.46. The molecule has 18 nitrogen and oxygen atoms in total. The Labute approximate surface area is 368 Å². The van der Waals surface area contributed by atoms with Crippen LogP contribution < -0.4 is 11.4 Å². The molecule has 2 heterocycles. The molecule has 2 rings (SSSR count). The van der Waals surface area contributed by atoms with Crippen molar-refractivity contribution in [3.63, 3.8) is 0 Å². The van der Waals surface area contributed by atoms with Crippen molar-refractivity contribution in [2.75, 3.05) is 25.6 Å². The molecular weight excluding hydrogens is 848 g/mol. The van der Waals surface area contributed by atoms with E-state index in [1.807, 2.05) is 0 Å². The Morgan fingerprint density at radius 3 is 1.69 bits per heavy atom. The van der Waals surface area contributed by atoms with Crippen molar-refractivity contribution in [2.45, 2.75) is 200 Å². The Kier molecular flexibility index (Phi) is 27.8. The van der Waals surface area contributed by atoms with Gasteiger partial charge < -0.3 is 39.9 Å². The fourth-order valence-electron chi connectivity index (χ4n) is 6.98. The number of nitrogens with two attached hydrogens (primary N) is 1. The van der Waals surface area contributed by atoms with E-state index in [2.05, 4.69) is 37.0 Å². The number of esters is 2. The number of aliphatic hydroxyl groups is 2. The van der Waals surface area contributed by atoms with Gasteiger partial charge in [0.1, 0.15) is 30.7 Å². The minimum Gasteiger partial charge on any atom is -0.462 e. The molecule has 0 aliphatic carbocycles. The second kappa shape index (κ2) is 30.8. The summed E-state index contributed by atoms with van der Waals surface area (Å²) >= 11 is 0. The van der Waals surface area contributed by atoms with Gasteiger partial charge in [-0.15, -0.1) is 0 Å². The minimum absolute atomic E-state index is 0.0528. The minimum atomic E-state index is -5.41. The summed E-state index contributed by atoms with van der Waals surface area (Å²) in [5.41, 5.74) is 4.58. The van der Waals surface area contributed by atoms with E-state index < -0.39 is 83.7 Å². The molecule has 0 radical (unpaired) electrons. The van der Waals surface area contributed by atoms with Gasteiger partial charge >= 0.3 is 33.3 Å². The first kappa shape index (κ1) is 55.9. The molecule has 0 amide bonds. The molecule has 1 saturated heterocycles. The SMILES string of the molecule is CC(C)CCCCCCCCCCCCCC(=O)OC[C@H](COP(=O)(O)OP(=O)(O)OC[C@H]1O[C@@H](n2ccc(N)nc2=O)C(O)[C@H]1O)OC(=O)CCCCCCCCCC(C)C. The van der Waals surface area contributed by atoms with Gasteiger partial charge in [0.15, 0.2) is 12.3 Å². The van der Waals surface area contributed by atoms with E-state index in [4.69, 9.17) is 29.0 Å². The summed E-state index contributed by atoms with van der Waals surface area (Å²) in [7, 11) is -10.8. The molecule has 0 aromatic carbocycles. The number of aliphatic hydroxyl groups excluding tert-OH is 2. The van der Waals surface area contributed by atoms with Crippen LogP contribution in [-0.2, 0) is 46.3 Å². The van der Waals surface area contributed by atoms with Gasteiger partial charge in [-0.25, -0.2) is 13.9 Å². The highest BCUT2D eigenvalue weighted by molar-refractivity contribution is 7.61. The van der Waals surface area contributed by atoms with Gasteiger partial charge in [0.25, 0.3) is 0 Å². The van der Waals surface area contributed by atoms with Crippen molar-refractivity contribution in [3.05, 3.63) is 22.7 Å². The van der Waals surface area contributed by atoms with E-state index in [0.717, 1.165) is 68.0 Å². The van der Waals surface area contributed by atoms with Crippen LogP contribution in [0.25, 0.3) is 0 Å². The first-order valence-electron chi connectivity index (χ1n) is 22.8. The normalized spacial score (nSPS) is 20.3. The number of nitrogens with zero attached hydrogens (tertiary/aromatic N) is 2. The van der Waals surface area contributed by atoms with Gasteiger partial charge in [-0.05, 0) is 30.7 Å². The van der Waals surface area contributed by atoms with E-state index in [9.17, 15) is 43.5 Å². The van der Waals surface area contributed by atoms with E-state index in [1.54, 1.807) is 0 Å². The maximum Gasteiger partial charge on any atom is 0.481 e. The summed E-state index contributed by atoms with van der Waals surface area (Å²) < 4.78 is 56.5. The van der Waals surface area contributed by atoms with Gasteiger partial charge in [-0.2, -0.15) is 9.29 Å². The van der Waals surface area contributed by atoms with Crippen molar-refractivity contribution < 1.29 is 66.3 Å². The number of rotatable bonds is 36. The lowest BCUT2D eigenvalue weighted by Gasteiger charge is -2.21. The number of unbranched alkanes of at least 4 members (excludes halogenated alkanes) is 16. The first-order valence-corrected chi connectivity index (χ1v) is 25.8. The zero-order chi connectivity index (χ0) is 46.0. The number of carbonyl (C=O) groups excluding carboxylic acids is 2. The first-order chi connectivity index (χ1) is 29.4. The molecule has 3 unspecified atom stereocenters. The summed E-state index contributed by atoms with van der Waals surface area (Å²) in [6.45, 7) is 6.65. The molecule has 20 heteroatoms. The third-order valence-corrected chi connectivity index (χ3v) is 13.1. The van der Waals surface area contributed by atoms with Crippen molar-refractivity contribution in [2.24, 2.45) is 11.8 Å². The molecule has 0 spiro atoms. The number of ether oxygens (including phenoxy) is 3. The Morgan fingerprint density at radius 2 is 1.19 bits per heavy atom. The van der Waals surface area contributed by atoms with E-state index in [1.165, 1.54) is 70.3 Å². The highest BCUT2D eigenvalue weighted by Crippen LogP contribution is 2.60. The second-order valence-electron chi connectivity index (χ2n) is 17.2. The van der Waals surface area contributed by atoms with Gasteiger partial charge in [-0.3, -0.25) is 23.2 Å². The van der Waals surface area contributed by atoms with Crippen LogP contribution in [0, 0.1) is 11.8 Å². The molecule has 0 bridgehead atoms. The molecule has 1 aliphatic rings. The number of hydrogen-bond donors (Lipinski definition) is 5. The van der Waals surface area contributed by atoms with Crippen molar-refractivity contribution in [1.82, 2.24) is 9.55 Å².